The lowest BCUT2D eigenvalue weighted by Gasteiger charge is -2.23. The lowest BCUT2D eigenvalue weighted by Crippen LogP contribution is -2.31. The van der Waals surface area contributed by atoms with Gasteiger partial charge in [-0.2, -0.15) is 0 Å². The zero-order chi connectivity index (χ0) is 15.2. The van der Waals surface area contributed by atoms with Crippen LogP contribution in [0.1, 0.15) is 27.7 Å². The first-order chi connectivity index (χ1) is 9.28. The number of carbonyl (C=O) groups is 2. The van der Waals surface area contributed by atoms with Crippen molar-refractivity contribution in [3.63, 3.8) is 0 Å². The number of rotatable bonds is 5. The Kier molecular flexibility index (Phi) is 6.62. The number of hydrogen-bond acceptors (Lipinski definition) is 5. The molecule has 0 saturated carbocycles. The maximum absolute atomic E-state index is 12.2. The summed E-state index contributed by atoms with van der Waals surface area (Å²) in [6, 6.07) is 9.66. The zero-order valence-electron chi connectivity index (χ0n) is 12.2. The molecular formula is C15H20O3S2. The quantitative estimate of drug-likeness (QED) is 0.611. The van der Waals surface area contributed by atoms with Crippen molar-refractivity contribution in [1.29, 1.82) is 0 Å². The third-order valence-corrected chi connectivity index (χ3v) is 4.43. The molecule has 0 N–H and O–H groups in total. The Hall–Kier alpha value is -0.940. The van der Waals surface area contributed by atoms with Gasteiger partial charge >= 0.3 is 5.97 Å². The minimum atomic E-state index is -0.520. The van der Waals surface area contributed by atoms with Crippen molar-refractivity contribution in [3.8, 4) is 0 Å². The van der Waals surface area contributed by atoms with Gasteiger partial charge in [-0.3, -0.25) is 9.59 Å². The van der Waals surface area contributed by atoms with Gasteiger partial charge in [-0.1, -0.05) is 30.0 Å². The van der Waals surface area contributed by atoms with Crippen LogP contribution in [0.4, 0.5) is 0 Å². The van der Waals surface area contributed by atoms with Crippen molar-refractivity contribution in [2.24, 2.45) is 0 Å². The van der Waals surface area contributed by atoms with E-state index in [1.54, 1.807) is 0 Å². The Morgan fingerprint density at radius 3 is 2.30 bits per heavy atom. The van der Waals surface area contributed by atoms with Crippen molar-refractivity contribution >= 4 is 34.6 Å². The number of esters is 1. The van der Waals surface area contributed by atoms with Gasteiger partial charge in [-0.15, -0.1) is 11.8 Å². The summed E-state index contributed by atoms with van der Waals surface area (Å²) in [7, 11) is 0. The highest BCUT2D eigenvalue weighted by Gasteiger charge is 2.26. The molecule has 0 aromatic heterocycles. The zero-order valence-corrected chi connectivity index (χ0v) is 13.8. The molecule has 110 valence electrons. The standard InChI is InChI=1S/C15H20O3S2/c1-11(16)19-10-13(14(17)18-15(2,3)4)20-12-8-6-5-7-9-12/h5-9,13H,10H2,1-4H3. The van der Waals surface area contributed by atoms with E-state index in [1.165, 1.54) is 18.7 Å². The monoisotopic (exact) mass is 312 g/mol. The highest BCUT2D eigenvalue weighted by molar-refractivity contribution is 8.14. The van der Waals surface area contributed by atoms with E-state index in [1.807, 2.05) is 51.1 Å². The van der Waals surface area contributed by atoms with Crippen molar-refractivity contribution in [1.82, 2.24) is 0 Å². The minimum Gasteiger partial charge on any atom is -0.459 e. The summed E-state index contributed by atoms with van der Waals surface area (Å²) in [5.41, 5.74) is -0.520. The molecule has 1 rings (SSSR count). The van der Waals surface area contributed by atoms with E-state index in [4.69, 9.17) is 4.74 Å². The first-order valence-corrected chi connectivity index (χ1v) is 8.22. The maximum atomic E-state index is 12.2. The van der Waals surface area contributed by atoms with Crippen molar-refractivity contribution in [3.05, 3.63) is 30.3 Å². The fourth-order valence-electron chi connectivity index (χ4n) is 1.37. The largest absolute Gasteiger partial charge is 0.459 e. The Labute approximate surface area is 128 Å². The van der Waals surface area contributed by atoms with E-state index in [9.17, 15) is 9.59 Å². The van der Waals surface area contributed by atoms with Gasteiger partial charge in [0.25, 0.3) is 0 Å². The lowest BCUT2D eigenvalue weighted by molar-refractivity contribution is -0.153. The summed E-state index contributed by atoms with van der Waals surface area (Å²) < 4.78 is 5.42. The second-order valence-corrected chi connectivity index (χ2v) is 7.73. The van der Waals surface area contributed by atoms with Gasteiger partial charge in [0.05, 0.1) is 0 Å². The summed E-state index contributed by atoms with van der Waals surface area (Å²) in [6.07, 6.45) is 0. The fourth-order valence-corrected chi connectivity index (χ4v) is 3.16. The molecule has 0 saturated heterocycles. The first-order valence-electron chi connectivity index (χ1n) is 6.36. The normalized spacial score (nSPS) is 12.8. The topological polar surface area (TPSA) is 43.4 Å². The molecule has 0 spiro atoms. The van der Waals surface area contributed by atoms with E-state index in [-0.39, 0.29) is 16.3 Å². The first kappa shape index (κ1) is 17.1. The van der Waals surface area contributed by atoms with Crippen LogP contribution in [0.25, 0.3) is 0 Å². The molecule has 1 atom stereocenters. The highest BCUT2D eigenvalue weighted by atomic mass is 32.2. The van der Waals surface area contributed by atoms with E-state index in [2.05, 4.69) is 0 Å². The Balaban J connectivity index is 2.74. The molecule has 0 aliphatic heterocycles. The van der Waals surface area contributed by atoms with Crippen LogP contribution in [-0.2, 0) is 14.3 Å². The Morgan fingerprint density at radius 1 is 1.20 bits per heavy atom. The molecular weight excluding hydrogens is 292 g/mol. The van der Waals surface area contributed by atoms with Gasteiger partial charge in [-0.05, 0) is 32.9 Å². The fraction of sp³-hybridized carbons (Fsp3) is 0.467. The predicted octanol–water partition coefficient (Wildman–Crippen LogP) is 3.77. The molecule has 1 unspecified atom stereocenters. The number of benzene rings is 1. The number of thioether (sulfide) groups is 2. The summed E-state index contributed by atoms with van der Waals surface area (Å²) >= 11 is 2.58. The van der Waals surface area contributed by atoms with Gasteiger partial charge in [0.1, 0.15) is 10.9 Å². The van der Waals surface area contributed by atoms with Crippen LogP contribution in [-0.4, -0.2) is 27.7 Å². The summed E-state index contributed by atoms with van der Waals surface area (Å²) in [6.45, 7) is 7.03. The van der Waals surface area contributed by atoms with Gasteiger partial charge in [0.15, 0.2) is 5.12 Å². The number of hydrogen-bond donors (Lipinski definition) is 0. The van der Waals surface area contributed by atoms with Gasteiger partial charge in [-0.25, -0.2) is 0 Å². The van der Waals surface area contributed by atoms with E-state index >= 15 is 0 Å². The smallest absolute Gasteiger partial charge is 0.320 e. The molecule has 0 aliphatic rings. The minimum absolute atomic E-state index is 0.00669. The van der Waals surface area contributed by atoms with Crippen molar-refractivity contribution in [2.45, 2.75) is 43.4 Å². The lowest BCUT2D eigenvalue weighted by atomic mass is 10.2. The molecule has 0 fully saturated rings. The van der Waals surface area contributed by atoms with Crippen LogP contribution in [0.2, 0.25) is 0 Å². The van der Waals surface area contributed by atoms with Gasteiger partial charge in [0, 0.05) is 17.6 Å². The van der Waals surface area contributed by atoms with Crippen LogP contribution in [0, 0.1) is 0 Å². The molecule has 1 aromatic rings. The van der Waals surface area contributed by atoms with Crippen LogP contribution in [0.5, 0.6) is 0 Å². The Bertz CT molecular complexity index is 452. The molecule has 0 bridgehead atoms. The van der Waals surface area contributed by atoms with Crippen LogP contribution < -0.4 is 0 Å². The number of carbonyl (C=O) groups excluding carboxylic acids is 2. The third kappa shape index (κ3) is 7.01. The second-order valence-electron chi connectivity index (χ2n) is 5.26. The number of ether oxygens (including phenoxy) is 1. The molecule has 0 amide bonds. The molecule has 0 aliphatic carbocycles. The van der Waals surface area contributed by atoms with Gasteiger partial charge in [0.2, 0.25) is 0 Å². The average molecular weight is 312 g/mol. The molecule has 5 heteroatoms. The highest BCUT2D eigenvalue weighted by Crippen LogP contribution is 2.28. The summed E-state index contributed by atoms with van der Waals surface area (Å²) in [5.74, 6) is 0.143. The van der Waals surface area contributed by atoms with Crippen molar-refractivity contribution < 1.29 is 14.3 Å². The van der Waals surface area contributed by atoms with E-state index < -0.39 is 5.60 Å². The second kappa shape index (κ2) is 7.74. The molecule has 0 radical (unpaired) electrons. The third-order valence-electron chi connectivity index (χ3n) is 2.13. The molecule has 20 heavy (non-hydrogen) atoms. The SMILES string of the molecule is CC(=O)SCC(Sc1ccccc1)C(=O)OC(C)(C)C. The van der Waals surface area contributed by atoms with E-state index in [0.29, 0.717) is 5.75 Å². The van der Waals surface area contributed by atoms with Crippen LogP contribution >= 0.6 is 23.5 Å². The van der Waals surface area contributed by atoms with Crippen LogP contribution in [0.15, 0.2) is 35.2 Å². The molecule has 3 nitrogen and oxygen atoms in total. The summed E-state index contributed by atoms with van der Waals surface area (Å²) in [5, 5.41) is -0.377. The van der Waals surface area contributed by atoms with Crippen molar-refractivity contribution in [2.75, 3.05) is 5.75 Å². The predicted molar refractivity (Wildman–Crippen MR) is 85.1 cm³/mol. The Morgan fingerprint density at radius 2 is 1.80 bits per heavy atom. The van der Waals surface area contributed by atoms with Gasteiger partial charge < -0.3 is 4.74 Å². The molecule has 1 aromatic carbocycles. The molecule has 0 heterocycles. The maximum Gasteiger partial charge on any atom is 0.320 e. The van der Waals surface area contributed by atoms with E-state index in [0.717, 1.165) is 16.7 Å². The average Bonchev–Trinajstić information content (AvgIpc) is 2.33. The summed E-state index contributed by atoms with van der Waals surface area (Å²) in [4.78, 5) is 24.3. The van der Waals surface area contributed by atoms with Crippen LogP contribution in [0.3, 0.4) is 0 Å².